The molecule has 0 aliphatic carbocycles. The Kier molecular flexibility index (Phi) is 1.95. The fourth-order valence-electron chi connectivity index (χ4n) is 0.875. The highest BCUT2D eigenvalue weighted by Crippen LogP contribution is 2.16. The van der Waals surface area contributed by atoms with E-state index in [2.05, 4.69) is 5.10 Å². The van der Waals surface area contributed by atoms with Crippen LogP contribution < -0.4 is 0 Å². The van der Waals surface area contributed by atoms with E-state index in [-0.39, 0.29) is 5.69 Å². The van der Waals surface area contributed by atoms with Gasteiger partial charge in [0.25, 0.3) is 0 Å². The number of halogens is 1. The van der Waals surface area contributed by atoms with Crippen molar-refractivity contribution in [3.63, 3.8) is 0 Å². The van der Waals surface area contributed by atoms with Crippen LogP contribution in [0.1, 0.15) is 24.4 Å². The van der Waals surface area contributed by atoms with Crippen molar-refractivity contribution in [1.29, 1.82) is 0 Å². The van der Waals surface area contributed by atoms with Gasteiger partial charge in [0.1, 0.15) is 5.69 Å². The van der Waals surface area contributed by atoms with Gasteiger partial charge in [-0.3, -0.25) is 4.68 Å². The zero-order valence-electron chi connectivity index (χ0n) is 6.80. The Hall–Kier alpha value is -0.900. The summed E-state index contributed by atoms with van der Waals surface area (Å²) in [6.45, 7) is 3.11. The van der Waals surface area contributed by atoms with Gasteiger partial charge >= 0.3 is 0 Å². The molecule has 4 heteroatoms. The average Bonchev–Trinajstić information content (AvgIpc) is 2.17. The zero-order valence-corrected chi connectivity index (χ0v) is 6.80. The minimum Gasteiger partial charge on any atom is -0.387 e. The second-order valence-electron chi connectivity index (χ2n) is 2.58. The molecule has 11 heavy (non-hydrogen) atoms. The van der Waals surface area contributed by atoms with Gasteiger partial charge in [-0.25, -0.2) is 4.39 Å². The molecule has 1 rings (SSSR count). The SMILES string of the molecule is Cc1c(F)c(C(C)O)nn1C. The van der Waals surface area contributed by atoms with E-state index in [0.717, 1.165) is 0 Å². The van der Waals surface area contributed by atoms with Crippen molar-refractivity contribution in [1.82, 2.24) is 9.78 Å². The summed E-state index contributed by atoms with van der Waals surface area (Å²) in [6, 6.07) is 0. The first-order chi connectivity index (χ1) is 5.04. The highest BCUT2D eigenvalue weighted by Gasteiger charge is 2.15. The second-order valence-corrected chi connectivity index (χ2v) is 2.58. The first kappa shape index (κ1) is 8.20. The molecule has 1 N–H and O–H groups in total. The quantitative estimate of drug-likeness (QED) is 0.660. The summed E-state index contributed by atoms with van der Waals surface area (Å²) in [6.07, 6.45) is -0.838. The summed E-state index contributed by atoms with van der Waals surface area (Å²) in [5.74, 6) is -0.414. The summed E-state index contributed by atoms with van der Waals surface area (Å²) in [4.78, 5) is 0. The van der Waals surface area contributed by atoms with Crippen molar-refractivity contribution < 1.29 is 9.50 Å². The van der Waals surface area contributed by atoms with Gasteiger partial charge in [0, 0.05) is 7.05 Å². The number of nitrogens with zero attached hydrogens (tertiary/aromatic N) is 2. The van der Waals surface area contributed by atoms with E-state index in [9.17, 15) is 4.39 Å². The molecular formula is C7H11FN2O. The van der Waals surface area contributed by atoms with Crippen molar-refractivity contribution in [3.05, 3.63) is 17.2 Å². The predicted molar refractivity (Wildman–Crippen MR) is 38.5 cm³/mol. The number of aryl methyl sites for hydroxylation is 1. The Morgan fingerprint density at radius 2 is 2.18 bits per heavy atom. The van der Waals surface area contributed by atoms with E-state index < -0.39 is 11.9 Å². The fraction of sp³-hybridized carbons (Fsp3) is 0.571. The number of rotatable bonds is 1. The third-order valence-electron chi connectivity index (χ3n) is 1.68. The third-order valence-corrected chi connectivity index (χ3v) is 1.68. The third kappa shape index (κ3) is 1.26. The molecule has 1 aromatic heterocycles. The van der Waals surface area contributed by atoms with E-state index >= 15 is 0 Å². The van der Waals surface area contributed by atoms with Crippen LogP contribution in [0.5, 0.6) is 0 Å². The largest absolute Gasteiger partial charge is 0.387 e. The molecule has 0 aromatic carbocycles. The molecule has 0 amide bonds. The maximum Gasteiger partial charge on any atom is 0.169 e. The molecule has 0 fully saturated rings. The molecule has 1 heterocycles. The lowest BCUT2D eigenvalue weighted by Gasteiger charge is -1.96. The van der Waals surface area contributed by atoms with E-state index in [1.54, 1.807) is 14.0 Å². The van der Waals surface area contributed by atoms with Crippen molar-refractivity contribution >= 4 is 0 Å². The average molecular weight is 158 g/mol. The Morgan fingerprint density at radius 3 is 2.36 bits per heavy atom. The number of aliphatic hydroxyl groups is 1. The summed E-state index contributed by atoms with van der Waals surface area (Å²) in [5, 5.41) is 12.8. The van der Waals surface area contributed by atoms with Crippen LogP contribution >= 0.6 is 0 Å². The predicted octanol–water partition coefficient (Wildman–Crippen LogP) is 0.921. The second kappa shape index (κ2) is 2.62. The molecular weight excluding hydrogens is 147 g/mol. The molecule has 1 atom stereocenters. The Balaban J connectivity index is 3.19. The van der Waals surface area contributed by atoms with Gasteiger partial charge in [0.15, 0.2) is 5.82 Å². The van der Waals surface area contributed by atoms with Crippen molar-refractivity contribution in [2.24, 2.45) is 7.05 Å². The van der Waals surface area contributed by atoms with Crippen LogP contribution in [0.2, 0.25) is 0 Å². The molecule has 1 unspecified atom stereocenters. The number of aromatic nitrogens is 2. The van der Waals surface area contributed by atoms with Gasteiger partial charge in [-0.1, -0.05) is 0 Å². The fourth-order valence-corrected chi connectivity index (χ4v) is 0.875. The maximum atomic E-state index is 13.0. The molecule has 0 saturated carbocycles. The van der Waals surface area contributed by atoms with Crippen molar-refractivity contribution in [2.75, 3.05) is 0 Å². The molecule has 0 spiro atoms. The van der Waals surface area contributed by atoms with Crippen LogP contribution in [0.4, 0.5) is 4.39 Å². The van der Waals surface area contributed by atoms with E-state index in [1.807, 2.05) is 0 Å². The van der Waals surface area contributed by atoms with Crippen LogP contribution in [0.3, 0.4) is 0 Å². The van der Waals surface area contributed by atoms with Gasteiger partial charge in [-0.05, 0) is 13.8 Å². The van der Waals surface area contributed by atoms with E-state index in [4.69, 9.17) is 5.11 Å². The van der Waals surface area contributed by atoms with Crippen molar-refractivity contribution in [2.45, 2.75) is 20.0 Å². The van der Waals surface area contributed by atoms with Crippen LogP contribution in [-0.2, 0) is 7.05 Å². The van der Waals surface area contributed by atoms with Gasteiger partial charge < -0.3 is 5.11 Å². The highest BCUT2D eigenvalue weighted by atomic mass is 19.1. The first-order valence-corrected chi connectivity index (χ1v) is 3.41. The summed E-state index contributed by atoms with van der Waals surface area (Å²) >= 11 is 0. The monoisotopic (exact) mass is 158 g/mol. The minimum atomic E-state index is -0.838. The molecule has 1 aromatic rings. The first-order valence-electron chi connectivity index (χ1n) is 3.41. The molecule has 0 radical (unpaired) electrons. The lowest BCUT2D eigenvalue weighted by molar-refractivity contribution is 0.188. The molecule has 62 valence electrons. The smallest absolute Gasteiger partial charge is 0.169 e. The van der Waals surface area contributed by atoms with Crippen LogP contribution in [0, 0.1) is 12.7 Å². The lowest BCUT2D eigenvalue weighted by Crippen LogP contribution is -1.96. The molecule has 3 nitrogen and oxygen atoms in total. The number of aliphatic hydroxyl groups excluding tert-OH is 1. The Bertz CT molecular complexity index is 268. The van der Waals surface area contributed by atoms with Gasteiger partial charge in [0.05, 0.1) is 11.8 Å². The molecule has 0 saturated heterocycles. The van der Waals surface area contributed by atoms with E-state index in [0.29, 0.717) is 5.69 Å². The summed E-state index contributed by atoms with van der Waals surface area (Å²) < 4.78 is 14.4. The molecule has 0 aliphatic heterocycles. The maximum absolute atomic E-state index is 13.0. The molecule has 0 aliphatic rings. The number of hydrogen-bond acceptors (Lipinski definition) is 2. The standard InChI is InChI=1S/C7H11FN2O/c1-4-6(8)7(5(2)11)9-10(4)3/h5,11H,1-3H3. The van der Waals surface area contributed by atoms with Gasteiger partial charge in [-0.15, -0.1) is 0 Å². The van der Waals surface area contributed by atoms with Crippen LogP contribution in [0.15, 0.2) is 0 Å². The summed E-state index contributed by atoms with van der Waals surface area (Å²) in [5.41, 5.74) is 0.561. The van der Waals surface area contributed by atoms with Gasteiger partial charge in [-0.2, -0.15) is 5.10 Å². The minimum absolute atomic E-state index is 0.116. The van der Waals surface area contributed by atoms with Crippen molar-refractivity contribution in [3.8, 4) is 0 Å². The van der Waals surface area contributed by atoms with Crippen LogP contribution in [-0.4, -0.2) is 14.9 Å². The zero-order chi connectivity index (χ0) is 8.59. The number of hydrogen-bond donors (Lipinski definition) is 1. The topological polar surface area (TPSA) is 38.1 Å². The normalized spacial score (nSPS) is 13.5. The van der Waals surface area contributed by atoms with Crippen LogP contribution in [0.25, 0.3) is 0 Å². The molecule has 0 bridgehead atoms. The Morgan fingerprint density at radius 1 is 1.64 bits per heavy atom. The Labute approximate surface area is 64.5 Å². The lowest BCUT2D eigenvalue weighted by atomic mass is 10.2. The summed E-state index contributed by atoms with van der Waals surface area (Å²) in [7, 11) is 1.64. The van der Waals surface area contributed by atoms with Gasteiger partial charge in [0.2, 0.25) is 0 Å². The highest BCUT2D eigenvalue weighted by molar-refractivity contribution is 5.13. The van der Waals surface area contributed by atoms with E-state index in [1.165, 1.54) is 11.6 Å².